The van der Waals surface area contributed by atoms with Crippen molar-refractivity contribution < 1.29 is 4.79 Å². The summed E-state index contributed by atoms with van der Waals surface area (Å²) in [6.07, 6.45) is 10.7. The first-order valence-electron chi connectivity index (χ1n) is 14.4. The van der Waals surface area contributed by atoms with Crippen molar-refractivity contribution in [1.29, 1.82) is 0 Å². The molecule has 3 aromatic rings. The Labute approximate surface area is 236 Å². The van der Waals surface area contributed by atoms with E-state index in [0.29, 0.717) is 11.6 Å². The second kappa shape index (κ2) is 11.4. The van der Waals surface area contributed by atoms with Crippen LogP contribution >= 0.6 is 0 Å². The largest absolute Gasteiger partial charge is 0.368 e. The minimum atomic E-state index is 0.104. The van der Waals surface area contributed by atoms with Gasteiger partial charge in [0.25, 0.3) is 0 Å². The molecule has 10 heteroatoms. The van der Waals surface area contributed by atoms with Crippen molar-refractivity contribution >= 4 is 29.0 Å². The maximum atomic E-state index is 12.4. The molecule has 2 unspecified atom stereocenters. The summed E-state index contributed by atoms with van der Waals surface area (Å²) in [7, 11) is 3.91. The molecular formula is C30H39N9O. The van der Waals surface area contributed by atoms with Gasteiger partial charge < -0.3 is 25.3 Å². The molecule has 1 saturated carbocycles. The van der Waals surface area contributed by atoms with Gasteiger partial charge in [-0.05, 0) is 62.4 Å². The van der Waals surface area contributed by atoms with Crippen LogP contribution in [-0.4, -0.2) is 84.1 Å². The molecule has 5 heterocycles. The van der Waals surface area contributed by atoms with Crippen molar-refractivity contribution in [3.8, 4) is 11.4 Å². The van der Waals surface area contributed by atoms with Crippen LogP contribution in [-0.2, 0) is 4.79 Å². The molecular weight excluding hydrogens is 502 g/mol. The van der Waals surface area contributed by atoms with Gasteiger partial charge in [-0.15, -0.1) is 0 Å². The molecule has 10 nitrogen and oxygen atoms in total. The highest BCUT2D eigenvalue weighted by atomic mass is 16.1. The zero-order valence-electron chi connectivity index (χ0n) is 23.5. The fraction of sp³-hybridized carbons (Fsp3) is 0.500. The van der Waals surface area contributed by atoms with Crippen LogP contribution in [0.2, 0.25) is 0 Å². The van der Waals surface area contributed by atoms with Crippen LogP contribution in [0.3, 0.4) is 0 Å². The van der Waals surface area contributed by atoms with Gasteiger partial charge in [-0.1, -0.05) is 6.42 Å². The summed E-state index contributed by atoms with van der Waals surface area (Å²) >= 11 is 0. The molecule has 2 saturated heterocycles. The second-order valence-corrected chi connectivity index (χ2v) is 11.6. The van der Waals surface area contributed by atoms with Crippen molar-refractivity contribution in [2.45, 2.75) is 32.1 Å². The Morgan fingerprint density at radius 1 is 1.00 bits per heavy atom. The van der Waals surface area contributed by atoms with Crippen LogP contribution in [0.5, 0.6) is 0 Å². The van der Waals surface area contributed by atoms with Crippen LogP contribution in [0.4, 0.5) is 23.1 Å². The molecule has 2 aliphatic heterocycles. The highest BCUT2D eigenvalue weighted by Gasteiger charge is 2.43. The van der Waals surface area contributed by atoms with Gasteiger partial charge in [-0.2, -0.15) is 0 Å². The van der Waals surface area contributed by atoms with Crippen molar-refractivity contribution in [3.05, 3.63) is 48.9 Å². The normalized spacial score (nSPS) is 23.4. The molecule has 3 aliphatic rings. The standard InChI is InChI=1S/C30H39N9O/c1-31-29(40)22-5-3-9-30(18-22)10-12-39(21-30)27-17-26(35-28(36-27)23-6-4-11-32-19-23)34-25-8-7-24(20-33-25)38-15-13-37(2)14-16-38/h4,6-8,11,17,19-20,22H,3,5,9-10,12-16,18,21H2,1-2H3,(H,31,40)(H,33,34,35,36). The number of pyridine rings is 2. The Morgan fingerprint density at radius 2 is 1.88 bits per heavy atom. The Bertz CT molecular complexity index is 1310. The van der Waals surface area contributed by atoms with E-state index >= 15 is 0 Å². The minimum absolute atomic E-state index is 0.104. The topological polar surface area (TPSA) is 102 Å². The number of aromatic nitrogens is 4. The Balaban J connectivity index is 1.23. The van der Waals surface area contributed by atoms with Crippen LogP contribution in [0.25, 0.3) is 11.4 Å². The van der Waals surface area contributed by atoms with E-state index in [9.17, 15) is 4.79 Å². The molecule has 40 heavy (non-hydrogen) atoms. The third-order valence-corrected chi connectivity index (χ3v) is 8.82. The highest BCUT2D eigenvalue weighted by Crippen LogP contribution is 2.47. The Morgan fingerprint density at radius 3 is 2.62 bits per heavy atom. The summed E-state index contributed by atoms with van der Waals surface area (Å²) in [5.74, 6) is 3.26. The van der Waals surface area contributed by atoms with Gasteiger partial charge in [-0.3, -0.25) is 9.78 Å². The summed E-state index contributed by atoms with van der Waals surface area (Å²) in [5, 5.41) is 6.29. The van der Waals surface area contributed by atoms with Crippen molar-refractivity contribution in [2.75, 3.05) is 68.5 Å². The van der Waals surface area contributed by atoms with Gasteiger partial charge in [0.05, 0.1) is 11.9 Å². The Kier molecular flexibility index (Phi) is 7.51. The number of hydrogen-bond acceptors (Lipinski definition) is 9. The fourth-order valence-corrected chi connectivity index (χ4v) is 6.51. The van der Waals surface area contributed by atoms with Gasteiger partial charge in [0.1, 0.15) is 17.5 Å². The molecule has 3 fully saturated rings. The quantitative estimate of drug-likeness (QED) is 0.485. The lowest BCUT2D eigenvalue weighted by Crippen LogP contribution is -2.44. The average molecular weight is 542 g/mol. The molecule has 1 aliphatic carbocycles. The monoisotopic (exact) mass is 541 g/mol. The summed E-state index contributed by atoms with van der Waals surface area (Å²) in [6.45, 7) is 5.96. The van der Waals surface area contributed by atoms with Crippen molar-refractivity contribution in [1.82, 2.24) is 30.2 Å². The number of carbonyl (C=O) groups excluding carboxylic acids is 1. The lowest BCUT2D eigenvalue weighted by Gasteiger charge is -2.37. The number of anilines is 4. The van der Waals surface area contributed by atoms with E-state index in [2.05, 4.69) is 43.4 Å². The molecule has 0 bridgehead atoms. The van der Waals surface area contributed by atoms with E-state index in [1.165, 1.54) is 0 Å². The molecule has 2 N–H and O–H groups in total. The number of amides is 1. The van der Waals surface area contributed by atoms with Crippen LogP contribution in [0.1, 0.15) is 32.1 Å². The summed E-state index contributed by atoms with van der Waals surface area (Å²) in [4.78, 5) is 38.3. The fourth-order valence-electron chi connectivity index (χ4n) is 6.51. The maximum absolute atomic E-state index is 12.4. The third kappa shape index (κ3) is 5.72. The number of hydrogen-bond donors (Lipinski definition) is 2. The molecule has 0 aromatic carbocycles. The van der Waals surface area contributed by atoms with Gasteiger partial charge >= 0.3 is 0 Å². The van der Waals surface area contributed by atoms with E-state index in [1.54, 1.807) is 19.4 Å². The summed E-state index contributed by atoms with van der Waals surface area (Å²) in [5.41, 5.74) is 2.17. The van der Waals surface area contributed by atoms with Crippen LogP contribution < -0.4 is 20.4 Å². The number of rotatable bonds is 6. The molecule has 6 rings (SSSR count). The average Bonchev–Trinajstić information content (AvgIpc) is 3.40. The summed E-state index contributed by atoms with van der Waals surface area (Å²) < 4.78 is 0. The minimum Gasteiger partial charge on any atom is -0.368 e. The predicted octanol–water partition coefficient (Wildman–Crippen LogP) is 3.56. The first kappa shape index (κ1) is 26.4. The number of carbonyl (C=O) groups is 1. The van der Waals surface area contributed by atoms with Gasteiger partial charge in [0.2, 0.25) is 5.91 Å². The Hall–Kier alpha value is -3.79. The molecule has 2 atom stereocenters. The maximum Gasteiger partial charge on any atom is 0.222 e. The lowest BCUT2D eigenvalue weighted by molar-refractivity contribution is -0.126. The van der Waals surface area contributed by atoms with Crippen molar-refractivity contribution in [3.63, 3.8) is 0 Å². The number of nitrogens with zero attached hydrogens (tertiary/aromatic N) is 7. The third-order valence-electron chi connectivity index (χ3n) is 8.82. The molecule has 0 radical (unpaired) electrons. The van der Waals surface area contributed by atoms with Crippen LogP contribution in [0, 0.1) is 11.3 Å². The first-order valence-corrected chi connectivity index (χ1v) is 14.4. The molecule has 1 amide bonds. The lowest BCUT2D eigenvalue weighted by atomic mass is 9.69. The number of nitrogens with one attached hydrogen (secondary N) is 2. The first-order chi connectivity index (χ1) is 19.5. The number of piperazine rings is 1. The van der Waals surface area contributed by atoms with E-state index in [0.717, 1.165) is 94.3 Å². The van der Waals surface area contributed by atoms with Gasteiger partial charge in [0.15, 0.2) is 5.82 Å². The SMILES string of the molecule is CNC(=O)C1CCCC2(CCN(c3cc(Nc4ccc(N5CCN(C)CC5)cn4)nc(-c4cccnc4)n3)C2)C1. The molecule has 1 spiro atoms. The van der Waals surface area contributed by atoms with E-state index in [-0.39, 0.29) is 17.2 Å². The van der Waals surface area contributed by atoms with E-state index in [4.69, 9.17) is 15.0 Å². The summed E-state index contributed by atoms with van der Waals surface area (Å²) in [6, 6.07) is 10.1. The zero-order chi connectivity index (χ0) is 27.5. The van der Waals surface area contributed by atoms with Gasteiger partial charge in [-0.25, -0.2) is 15.0 Å². The predicted molar refractivity (Wildman–Crippen MR) is 158 cm³/mol. The zero-order valence-corrected chi connectivity index (χ0v) is 23.5. The smallest absolute Gasteiger partial charge is 0.222 e. The number of likely N-dealkylation sites (N-methyl/N-ethyl adjacent to an activating group) is 1. The molecule has 3 aromatic heterocycles. The second-order valence-electron chi connectivity index (χ2n) is 11.6. The van der Waals surface area contributed by atoms with E-state index in [1.807, 2.05) is 30.5 Å². The van der Waals surface area contributed by atoms with Gasteiger partial charge in [0, 0.05) is 76.3 Å². The van der Waals surface area contributed by atoms with Crippen LogP contribution in [0.15, 0.2) is 48.9 Å². The molecule has 210 valence electrons. The van der Waals surface area contributed by atoms with Crippen molar-refractivity contribution in [2.24, 2.45) is 11.3 Å². The highest BCUT2D eigenvalue weighted by molar-refractivity contribution is 5.78. The van der Waals surface area contributed by atoms with E-state index < -0.39 is 0 Å².